The summed E-state index contributed by atoms with van der Waals surface area (Å²) in [7, 11) is -10.2. The number of phenols is 2. The van der Waals surface area contributed by atoms with E-state index in [1.165, 1.54) is 71.2 Å². The van der Waals surface area contributed by atoms with Crippen molar-refractivity contribution in [3.05, 3.63) is 46.5 Å². The molecule has 0 amide bonds. The molecule has 1 aliphatic rings. The minimum Gasteiger partial charge on any atom is -0.508 e. The Balaban J connectivity index is 2.09. The van der Waals surface area contributed by atoms with Gasteiger partial charge in [-0.3, -0.25) is 0 Å². The van der Waals surface area contributed by atoms with E-state index in [0.29, 0.717) is 22.0 Å². The second-order valence-corrected chi connectivity index (χ2v) is 82.5. The van der Waals surface area contributed by atoms with Gasteiger partial charge in [0, 0.05) is 63.5 Å². The van der Waals surface area contributed by atoms with Crippen molar-refractivity contribution in [3.63, 3.8) is 0 Å². The SMILES string of the molecule is CC(C)(C)c1cc(CS[C@H]2CCCCCC[C@@H]2SCc2cc(C(C)(C)C)cc([Si](C)([Si](C)(C)C)[Si](C)(C)C)c2O)c(O)c([Si](C)([Si](C)(C)C)[Si](C)(C)C)c1. The third-order valence-electron chi connectivity index (χ3n) is 14.2. The van der Waals surface area contributed by atoms with Crippen molar-refractivity contribution < 1.29 is 10.2 Å². The van der Waals surface area contributed by atoms with Crippen molar-refractivity contribution in [1.82, 2.24) is 0 Å². The summed E-state index contributed by atoms with van der Waals surface area (Å²) in [5.41, 5.74) is 5.18. The van der Waals surface area contributed by atoms with E-state index in [4.69, 9.17) is 0 Å². The first-order valence-electron chi connectivity index (χ1n) is 21.2. The van der Waals surface area contributed by atoms with Gasteiger partial charge in [0.05, 0.1) is 14.2 Å². The Hall–Kier alpha value is 0.0413. The highest BCUT2D eigenvalue weighted by Gasteiger charge is 2.55. The van der Waals surface area contributed by atoms with Gasteiger partial charge in [-0.05, 0) is 45.2 Å². The summed E-state index contributed by atoms with van der Waals surface area (Å²) in [4.78, 5) is 0. The van der Waals surface area contributed by atoms with Crippen LogP contribution in [0.2, 0.25) is 91.7 Å². The van der Waals surface area contributed by atoms with Crippen LogP contribution in [0.5, 0.6) is 11.5 Å². The van der Waals surface area contributed by atoms with E-state index in [1.807, 2.05) is 0 Å². The predicted octanol–water partition coefficient (Wildman–Crippen LogP) is 13.2. The molecule has 10 heteroatoms. The van der Waals surface area contributed by atoms with E-state index < -0.39 is 44.6 Å². The molecule has 308 valence electrons. The standard InChI is InChI=1S/C44H84O2S2Si6/c1-43(2,3)35-27-33(41(45)39(29-35)53(19,49(7,8)9)50(10,11)12)31-47-37-25-23-21-22-24-26-38(37)48-32-34-28-36(44(4,5)6)30-40(42(34)46)54(20,51(13,14)15)52(16,17)18/h27-30,37-38,45-46H,21-26,31-32H2,1-20H3/t37-,38-/m0/s1. The van der Waals surface area contributed by atoms with Crippen LogP contribution in [0.3, 0.4) is 0 Å². The number of hydrogen-bond donors (Lipinski definition) is 2. The molecule has 1 saturated carbocycles. The number of thioether (sulfide) groups is 2. The normalized spacial score (nSPS) is 19.1. The molecule has 0 aliphatic heterocycles. The maximum absolute atomic E-state index is 12.4. The molecule has 54 heavy (non-hydrogen) atoms. The third kappa shape index (κ3) is 10.2. The van der Waals surface area contributed by atoms with Crippen molar-refractivity contribution in [3.8, 4) is 11.5 Å². The fourth-order valence-electron chi connectivity index (χ4n) is 9.29. The van der Waals surface area contributed by atoms with Crippen LogP contribution in [0, 0.1) is 0 Å². The summed E-state index contributed by atoms with van der Waals surface area (Å²) < 4.78 is 0. The van der Waals surface area contributed by atoms with Crippen LogP contribution in [-0.2, 0) is 22.3 Å². The average molecular weight is 878 g/mol. The first-order chi connectivity index (χ1) is 24.2. The van der Waals surface area contributed by atoms with Crippen molar-refractivity contribution in [2.75, 3.05) is 0 Å². The van der Waals surface area contributed by atoms with E-state index in [0.717, 1.165) is 11.5 Å². The van der Waals surface area contributed by atoms with Crippen molar-refractivity contribution in [2.45, 2.75) is 205 Å². The van der Waals surface area contributed by atoms with Gasteiger partial charge in [-0.25, -0.2) is 0 Å². The molecule has 2 aromatic rings. The van der Waals surface area contributed by atoms with E-state index in [1.54, 1.807) is 0 Å². The Kier molecular flexibility index (Phi) is 15.2. The fourth-order valence-corrected chi connectivity index (χ4v) is 88.2. The number of benzene rings is 2. The van der Waals surface area contributed by atoms with Crippen LogP contribution in [0.4, 0.5) is 0 Å². The molecule has 2 nitrogen and oxygen atoms in total. The number of aromatic hydroxyl groups is 2. The van der Waals surface area contributed by atoms with Crippen LogP contribution in [0.1, 0.15) is 102 Å². The second kappa shape index (κ2) is 17.0. The maximum Gasteiger partial charge on any atom is 0.118 e. The van der Waals surface area contributed by atoms with Crippen molar-refractivity contribution in [2.24, 2.45) is 0 Å². The monoisotopic (exact) mass is 876 g/mol. The highest BCUT2D eigenvalue weighted by atomic mass is 32.2. The van der Waals surface area contributed by atoms with E-state index in [9.17, 15) is 10.2 Å². The summed E-state index contributed by atoms with van der Waals surface area (Å²) in [6.07, 6.45) is 7.70. The number of phenolic OH excluding ortho intramolecular Hbond substituents is 2. The van der Waals surface area contributed by atoms with Crippen LogP contribution in [0.25, 0.3) is 0 Å². The molecular formula is C44H84O2S2Si6. The predicted molar refractivity (Wildman–Crippen MR) is 267 cm³/mol. The number of rotatable bonds is 12. The van der Waals surface area contributed by atoms with E-state index in [2.05, 4.69) is 181 Å². The molecule has 0 unspecified atom stereocenters. The second-order valence-electron chi connectivity index (χ2n) is 23.5. The van der Waals surface area contributed by atoms with Crippen molar-refractivity contribution >= 4 is 78.5 Å². The van der Waals surface area contributed by atoms with Gasteiger partial charge in [0.2, 0.25) is 0 Å². The van der Waals surface area contributed by atoms with Crippen LogP contribution in [0.15, 0.2) is 24.3 Å². The van der Waals surface area contributed by atoms with Crippen LogP contribution >= 0.6 is 23.5 Å². The third-order valence-corrected chi connectivity index (χ3v) is 98.5. The lowest BCUT2D eigenvalue weighted by Crippen LogP contribution is -2.76. The Morgan fingerprint density at radius 2 is 0.759 bits per heavy atom. The molecule has 2 N–H and O–H groups in total. The summed E-state index contributed by atoms with van der Waals surface area (Å²) in [5.74, 6) is 3.02. The Morgan fingerprint density at radius 1 is 0.481 bits per heavy atom. The molecular weight excluding hydrogens is 793 g/mol. The van der Waals surface area contributed by atoms with Crippen molar-refractivity contribution in [1.29, 1.82) is 0 Å². The molecule has 0 bridgehead atoms. The van der Waals surface area contributed by atoms with Gasteiger partial charge >= 0.3 is 0 Å². The van der Waals surface area contributed by atoms with Gasteiger partial charge in [-0.2, -0.15) is 23.5 Å². The number of hydrogen-bond acceptors (Lipinski definition) is 4. The zero-order chi connectivity index (χ0) is 41.7. The summed E-state index contributed by atoms with van der Waals surface area (Å²) >= 11 is 4.25. The largest absolute Gasteiger partial charge is 0.508 e. The first-order valence-corrected chi connectivity index (χ1v) is 46.3. The van der Waals surface area contributed by atoms with E-state index in [-0.39, 0.29) is 10.8 Å². The van der Waals surface area contributed by atoms with Gasteiger partial charge in [0.25, 0.3) is 0 Å². The molecule has 0 radical (unpaired) electrons. The topological polar surface area (TPSA) is 40.5 Å². The fraction of sp³-hybridized carbons (Fsp3) is 0.727. The molecule has 0 spiro atoms. The molecule has 2 atom stereocenters. The lowest BCUT2D eigenvalue weighted by molar-refractivity contribution is 0.472. The highest BCUT2D eigenvalue weighted by molar-refractivity contribution is 8.03. The quantitative estimate of drug-likeness (QED) is 0.208. The minimum absolute atomic E-state index is 0.0288. The highest BCUT2D eigenvalue weighted by Crippen LogP contribution is 2.42. The molecule has 0 heterocycles. The summed E-state index contributed by atoms with van der Waals surface area (Å²) in [5, 5.41) is 28.5. The van der Waals surface area contributed by atoms with Gasteiger partial charge in [-0.1, -0.05) is 183 Å². The Bertz CT molecular complexity index is 1450. The zero-order valence-corrected chi connectivity index (χ0v) is 46.5. The summed E-state index contributed by atoms with van der Waals surface area (Å²) in [6.45, 7) is 50.2. The zero-order valence-electron chi connectivity index (χ0n) is 38.8. The molecule has 3 rings (SSSR count). The lowest BCUT2D eigenvalue weighted by atomic mass is 9.86. The van der Waals surface area contributed by atoms with Crippen LogP contribution in [-0.4, -0.2) is 65.3 Å². The summed E-state index contributed by atoms with van der Waals surface area (Å²) in [6, 6.07) is 9.67. The lowest BCUT2D eigenvalue weighted by Gasteiger charge is -2.49. The molecule has 1 fully saturated rings. The maximum atomic E-state index is 12.4. The molecule has 0 aromatic heterocycles. The molecule has 1 aliphatic carbocycles. The van der Waals surface area contributed by atoms with Gasteiger partial charge in [0.15, 0.2) is 0 Å². The van der Waals surface area contributed by atoms with Gasteiger partial charge < -0.3 is 10.2 Å². The molecule has 0 saturated heterocycles. The van der Waals surface area contributed by atoms with Crippen LogP contribution < -0.4 is 10.4 Å². The molecule has 2 aromatic carbocycles. The smallest absolute Gasteiger partial charge is 0.118 e. The first kappa shape index (κ1) is 48.4. The minimum atomic E-state index is -1.93. The average Bonchev–Trinajstić information content (AvgIpc) is 2.97. The van der Waals surface area contributed by atoms with Gasteiger partial charge in [-0.15, -0.1) is 0 Å². The van der Waals surface area contributed by atoms with E-state index >= 15 is 0 Å². The Labute approximate surface area is 348 Å². The van der Waals surface area contributed by atoms with Gasteiger partial charge in [0.1, 0.15) is 11.5 Å². The Morgan fingerprint density at radius 3 is 1.00 bits per heavy atom.